The Morgan fingerprint density at radius 1 is 1.42 bits per heavy atom. The van der Waals surface area contributed by atoms with Crippen molar-refractivity contribution >= 4 is 0 Å². The van der Waals surface area contributed by atoms with Gasteiger partial charge in [-0.2, -0.15) is 0 Å². The van der Waals surface area contributed by atoms with Gasteiger partial charge in [0.2, 0.25) is 0 Å². The molecule has 12 heavy (non-hydrogen) atoms. The number of hydrogen-bond donors (Lipinski definition) is 0. The molecule has 0 heterocycles. The van der Waals surface area contributed by atoms with Crippen molar-refractivity contribution in [3.05, 3.63) is 0 Å². The zero-order valence-electron chi connectivity index (χ0n) is 7.95. The van der Waals surface area contributed by atoms with Crippen LogP contribution in [0, 0.1) is 11.8 Å². The molecule has 1 saturated carbocycles. The van der Waals surface area contributed by atoms with Gasteiger partial charge in [0.05, 0.1) is 0 Å². The molecule has 0 bridgehead atoms. The second kappa shape index (κ2) is 3.71. The smallest absolute Gasteiger partial charge is 0.207 e. The predicted octanol–water partition coefficient (Wildman–Crippen LogP) is 3.86. The minimum Gasteiger partial charge on any atom is -0.207 e. The average Bonchev–Trinajstić information content (AvgIpc) is 1.98. The first-order valence-corrected chi connectivity index (χ1v) is 4.94. The van der Waals surface area contributed by atoms with Gasteiger partial charge < -0.3 is 0 Å². The lowest BCUT2D eigenvalue weighted by atomic mass is 9.78. The Kier molecular flexibility index (Phi) is 3.08. The third-order valence-electron chi connectivity index (χ3n) is 2.99. The quantitative estimate of drug-likeness (QED) is 0.599. The van der Waals surface area contributed by atoms with Crippen LogP contribution in [0.15, 0.2) is 0 Å². The predicted molar refractivity (Wildman–Crippen MR) is 46.4 cm³/mol. The van der Waals surface area contributed by atoms with Gasteiger partial charge in [-0.05, 0) is 18.8 Å². The molecular formula is C10H18F2. The molecular weight excluding hydrogens is 158 g/mol. The van der Waals surface area contributed by atoms with E-state index in [4.69, 9.17) is 0 Å². The summed E-state index contributed by atoms with van der Waals surface area (Å²) in [5, 5.41) is 0. The lowest BCUT2D eigenvalue weighted by molar-refractivity contribution is -0.0914. The Labute approximate surface area is 73.3 Å². The Bertz CT molecular complexity index is 143. The topological polar surface area (TPSA) is 0 Å². The summed E-state index contributed by atoms with van der Waals surface area (Å²) >= 11 is 0. The van der Waals surface area contributed by atoms with Gasteiger partial charge in [0.1, 0.15) is 0 Å². The van der Waals surface area contributed by atoms with Crippen LogP contribution in [-0.2, 0) is 0 Å². The first kappa shape index (κ1) is 9.94. The van der Waals surface area contributed by atoms with Crippen molar-refractivity contribution in [3.8, 4) is 0 Å². The van der Waals surface area contributed by atoms with E-state index in [1.165, 1.54) is 0 Å². The fourth-order valence-electron chi connectivity index (χ4n) is 2.10. The number of halogens is 2. The SMILES string of the molecule is CCC[C@H]1CCC(F)(F)[C@H](C)C1. The summed E-state index contributed by atoms with van der Waals surface area (Å²) in [6.07, 6.45) is 3.81. The van der Waals surface area contributed by atoms with Gasteiger partial charge in [0, 0.05) is 12.3 Å². The maximum absolute atomic E-state index is 13.0. The zero-order valence-corrected chi connectivity index (χ0v) is 7.95. The molecule has 0 aromatic carbocycles. The highest BCUT2D eigenvalue weighted by molar-refractivity contribution is 4.82. The Morgan fingerprint density at radius 3 is 2.58 bits per heavy atom. The van der Waals surface area contributed by atoms with E-state index >= 15 is 0 Å². The molecule has 2 heteroatoms. The molecule has 0 aromatic rings. The normalized spacial score (nSPS) is 35.0. The fraction of sp³-hybridized carbons (Fsp3) is 1.00. The van der Waals surface area contributed by atoms with Crippen LogP contribution in [0.4, 0.5) is 8.78 Å². The van der Waals surface area contributed by atoms with Crippen molar-refractivity contribution in [3.63, 3.8) is 0 Å². The van der Waals surface area contributed by atoms with E-state index in [9.17, 15) is 8.78 Å². The summed E-state index contributed by atoms with van der Waals surface area (Å²) in [5.41, 5.74) is 0. The van der Waals surface area contributed by atoms with Crippen molar-refractivity contribution in [1.82, 2.24) is 0 Å². The monoisotopic (exact) mass is 176 g/mol. The van der Waals surface area contributed by atoms with Crippen LogP contribution in [0.1, 0.15) is 46.0 Å². The van der Waals surface area contributed by atoms with Crippen LogP contribution >= 0.6 is 0 Å². The van der Waals surface area contributed by atoms with E-state index in [0.29, 0.717) is 5.92 Å². The molecule has 1 rings (SSSR count). The molecule has 0 radical (unpaired) electrons. The highest BCUT2D eigenvalue weighted by Gasteiger charge is 2.41. The molecule has 1 aliphatic rings. The van der Waals surface area contributed by atoms with Crippen molar-refractivity contribution in [2.24, 2.45) is 11.8 Å². The lowest BCUT2D eigenvalue weighted by Gasteiger charge is -2.33. The van der Waals surface area contributed by atoms with Crippen LogP contribution in [0.25, 0.3) is 0 Å². The molecule has 0 nitrogen and oxygen atoms in total. The van der Waals surface area contributed by atoms with Crippen molar-refractivity contribution < 1.29 is 8.78 Å². The number of alkyl halides is 2. The van der Waals surface area contributed by atoms with Crippen molar-refractivity contribution in [1.29, 1.82) is 0 Å². The zero-order chi connectivity index (χ0) is 9.19. The van der Waals surface area contributed by atoms with Crippen molar-refractivity contribution in [2.45, 2.75) is 51.9 Å². The van der Waals surface area contributed by atoms with E-state index < -0.39 is 11.8 Å². The summed E-state index contributed by atoms with van der Waals surface area (Å²) in [7, 11) is 0. The van der Waals surface area contributed by atoms with E-state index in [2.05, 4.69) is 6.92 Å². The highest BCUT2D eigenvalue weighted by atomic mass is 19.3. The van der Waals surface area contributed by atoms with Gasteiger partial charge in [-0.25, -0.2) is 8.78 Å². The van der Waals surface area contributed by atoms with E-state index in [0.717, 1.165) is 25.7 Å². The highest BCUT2D eigenvalue weighted by Crippen LogP contribution is 2.41. The second-order valence-corrected chi connectivity index (χ2v) is 4.09. The largest absolute Gasteiger partial charge is 0.250 e. The first-order chi connectivity index (χ1) is 5.56. The third-order valence-corrected chi connectivity index (χ3v) is 2.99. The Morgan fingerprint density at radius 2 is 2.08 bits per heavy atom. The van der Waals surface area contributed by atoms with Crippen LogP contribution in [0.3, 0.4) is 0 Å². The van der Waals surface area contributed by atoms with E-state index in [-0.39, 0.29) is 6.42 Å². The lowest BCUT2D eigenvalue weighted by Crippen LogP contribution is -2.33. The third kappa shape index (κ3) is 2.18. The molecule has 0 N–H and O–H groups in total. The molecule has 0 saturated heterocycles. The molecule has 0 spiro atoms. The summed E-state index contributed by atoms with van der Waals surface area (Å²) < 4.78 is 26.0. The van der Waals surface area contributed by atoms with E-state index in [1.807, 2.05) is 0 Å². The van der Waals surface area contributed by atoms with Crippen LogP contribution in [-0.4, -0.2) is 5.92 Å². The molecule has 0 unspecified atom stereocenters. The molecule has 1 aliphatic carbocycles. The average molecular weight is 176 g/mol. The van der Waals surface area contributed by atoms with Crippen LogP contribution in [0.2, 0.25) is 0 Å². The molecule has 72 valence electrons. The molecule has 1 fully saturated rings. The summed E-state index contributed by atoms with van der Waals surface area (Å²) in [4.78, 5) is 0. The minimum absolute atomic E-state index is 0.110. The van der Waals surface area contributed by atoms with E-state index in [1.54, 1.807) is 6.92 Å². The van der Waals surface area contributed by atoms with Gasteiger partial charge in [0.25, 0.3) is 5.92 Å². The van der Waals surface area contributed by atoms with Gasteiger partial charge in [-0.15, -0.1) is 0 Å². The molecule has 0 aliphatic heterocycles. The first-order valence-electron chi connectivity index (χ1n) is 4.94. The summed E-state index contributed by atoms with van der Waals surface area (Å²) in [5.74, 6) is -2.23. The Balaban J connectivity index is 2.41. The van der Waals surface area contributed by atoms with Gasteiger partial charge in [-0.1, -0.05) is 26.7 Å². The van der Waals surface area contributed by atoms with Gasteiger partial charge in [-0.3, -0.25) is 0 Å². The number of hydrogen-bond acceptors (Lipinski definition) is 0. The standard InChI is InChI=1S/C10H18F2/c1-3-4-9-5-6-10(11,12)8(2)7-9/h8-9H,3-7H2,1-2H3/t8-,9+/m1/s1. The summed E-state index contributed by atoms with van der Waals surface area (Å²) in [6, 6.07) is 0. The molecule has 2 atom stereocenters. The Hall–Kier alpha value is -0.140. The number of rotatable bonds is 2. The van der Waals surface area contributed by atoms with Gasteiger partial charge in [0.15, 0.2) is 0 Å². The van der Waals surface area contributed by atoms with Gasteiger partial charge >= 0.3 is 0 Å². The second-order valence-electron chi connectivity index (χ2n) is 4.09. The fourth-order valence-corrected chi connectivity index (χ4v) is 2.10. The van der Waals surface area contributed by atoms with Crippen LogP contribution in [0.5, 0.6) is 0 Å². The molecule has 0 aromatic heterocycles. The van der Waals surface area contributed by atoms with Crippen molar-refractivity contribution in [2.75, 3.05) is 0 Å². The maximum Gasteiger partial charge on any atom is 0.250 e. The summed E-state index contributed by atoms with van der Waals surface area (Å²) in [6.45, 7) is 3.80. The minimum atomic E-state index is -2.38. The van der Waals surface area contributed by atoms with Crippen LogP contribution < -0.4 is 0 Å². The molecule has 0 amide bonds. The maximum atomic E-state index is 13.0.